The molecule has 1 unspecified atom stereocenters. The standard InChI is InChI=1S/C17H19N6O8P/c18-9-4-2-1-3-8(9)17(26)31-32(27,28)29-5-10-12(24)13(25)16(30-10)23-7-22-11-14(19)20-6-21-15(11)23/h1-4,6-7,10,12-13,16,24-25H,5,18H2,(H,27,28)(H2,19,20,21)/t10-,12-,13-,16-/m1/s1. The number of carbonyl (C=O) groups excluding carboxylic acids is 1. The van der Waals surface area contributed by atoms with Gasteiger partial charge < -0.3 is 30.9 Å². The number of benzene rings is 1. The zero-order valence-corrected chi connectivity index (χ0v) is 17.1. The SMILES string of the molecule is Nc1ccccc1C(=O)OP(=O)(O)OC[C@H]1O[C@@H](n2cnc3c(N)ncnc32)[C@H](O)[C@@H]1O. The van der Waals surface area contributed by atoms with Gasteiger partial charge >= 0.3 is 13.8 Å². The van der Waals surface area contributed by atoms with Crippen LogP contribution in [-0.4, -0.2) is 65.5 Å². The Balaban J connectivity index is 1.43. The molecule has 5 atom stereocenters. The van der Waals surface area contributed by atoms with Gasteiger partial charge in [-0.2, -0.15) is 0 Å². The highest BCUT2D eigenvalue weighted by Gasteiger charge is 2.45. The van der Waals surface area contributed by atoms with Crippen LogP contribution >= 0.6 is 7.82 Å². The van der Waals surface area contributed by atoms with Crippen molar-refractivity contribution in [3.8, 4) is 0 Å². The number of phosphoric acid groups is 1. The van der Waals surface area contributed by atoms with Gasteiger partial charge in [-0.3, -0.25) is 14.0 Å². The number of para-hydroxylation sites is 1. The minimum atomic E-state index is -4.89. The van der Waals surface area contributed by atoms with Gasteiger partial charge in [-0.25, -0.2) is 24.3 Å². The minimum absolute atomic E-state index is 0.0509. The molecule has 32 heavy (non-hydrogen) atoms. The Hall–Kier alpha value is -3.13. The van der Waals surface area contributed by atoms with E-state index in [0.717, 1.165) is 0 Å². The van der Waals surface area contributed by atoms with E-state index in [4.69, 9.17) is 20.7 Å². The summed E-state index contributed by atoms with van der Waals surface area (Å²) in [5.41, 5.74) is 11.8. The van der Waals surface area contributed by atoms with Gasteiger partial charge in [0.1, 0.15) is 30.2 Å². The molecule has 3 aromatic rings. The third-order valence-corrected chi connectivity index (χ3v) is 5.65. The van der Waals surface area contributed by atoms with E-state index in [1.54, 1.807) is 6.07 Å². The first-order chi connectivity index (χ1) is 15.2. The maximum Gasteiger partial charge on any atom is 0.529 e. The third-order valence-electron chi connectivity index (χ3n) is 4.78. The van der Waals surface area contributed by atoms with Crippen molar-refractivity contribution in [2.75, 3.05) is 18.1 Å². The number of hydrogen-bond acceptors (Lipinski definition) is 12. The Kier molecular flexibility index (Phi) is 5.81. The number of ether oxygens (including phenoxy) is 1. The van der Waals surface area contributed by atoms with Crippen LogP contribution in [0.1, 0.15) is 16.6 Å². The summed E-state index contributed by atoms with van der Waals surface area (Å²) in [6.45, 7) is -0.677. The van der Waals surface area contributed by atoms with Crippen molar-refractivity contribution < 1.29 is 38.3 Å². The molecule has 1 aliphatic rings. The first-order valence-corrected chi connectivity index (χ1v) is 10.7. The van der Waals surface area contributed by atoms with Gasteiger partial charge in [-0.05, 0) is 12.1 Å². The highest BCUT2D eigenvalue weighted by Crippen LogP contribution is 2.45. The second-order valence-corrected chi connectivity index (χ2v) is 8.24. The molecule has 0 amide bonds. The van der Waals surface area contributed by atoms with E-state index in [0.29, 0.717) is 0 Å². The lowest BCUT2D eigenvalue weighted by atomic mass is 10.1. The van der Waals surface area contributed by atoms with Crippen LogP contribution in [0, 0.1) is 0 Å². The highest BCUT2D eigenvalue weighted by atomic mass is 31.2. The third kappa shape index (κ3) is 4.14. The molecular weight excluding hydrogens is 447 g/mol. The normalized spacial score (nSPS) is 25.0. The van der Waals surface area contributed by atoms with Crippen LogP contribution < -0.4 is 11.5 Å². The van der Waals surface area contributed by atoms with Crippen LogP contribution in [0.5, 0.6) is 0 Å². The van der Waals surface area contributed by atoms with Crippen molar-refractivity contribution in [2.24, 2.45) is 0 Å². The molecule has 4 rings (SSSR count). The van der Waals surface area contributed by atoms with Crippen LogP contribution in [0.3, 0.4) is 0 Å². The number of aliphatic hydroxyl groups is 2. The molecule has 0 saturated carbocycles. The Morgan fingerprint density at radius 3 is 2.69 bits per heavy atom. The molecule has 1 saturated heterocycles. The number of nitrogens with two attached hydrogens (primary N) is 2. The zero-order valence-electron chi connectivity index (χ0n) is 16.3. The van der Waals surface area contributed by atoms with Gasteiger partial charge in [-0.15, -0.1) is 0 Å². The Labute approximate surface area is 180 Å². The first kappa shape index (κ1) is 22.1. The molecule has 14 nitrogen and oxygen atoms in total. The lowest BCUT2D eigenvalue weighted by Crippen LogP contribution is -2.33. The highest BCUT2D eigenvalue weighted by molar-refractivity contribution is 7.48. The molecule has 170 valence electrons. The zero-order chi connectivity index (χ0) is 23.0. The van der Waals surface area contributed by atoms with Crippen LogP contribution in [-0.2, 0) is 18.3 Å². The van der Waals surface area contributed by atoms with Crippen molar-refractivity contribution in [1.29, 1.82) is 0 Å². The number of phosphoric ester groups is 1. The minimum Gasteiger partial charge on any atom is -0.398 e. The van der Waals surface area contributed by atoms with Crippen molar-refractivity contribution >= 4 is 36.5 Å². The van der Waals surface area contributed by atoms with Gasteiger partial charge in [0.15, 0.2) is 17.7 Å². The van der Waals surface area contributed by atoms with E-state index in [9.17, 15) is 24.5 Å². The fraction of sp³-hybridized carbons (Fsp3) is 0.294. The van der Waals surface area contributed by atoms with Gasteiger partial charge in [-0.1, -0.05) is 12.1 Å². The Morgan fingerprint density at radius 1 is 1.19 bits per heavy atom. The number of aromatic nitrogens is 4. The number of rotatable bonds is 6. The molecule has 0 bridgehead atoms. The van der Waals surface area contributed by atoms with Gasteiger partial charge in [0.2, 0.25) is 0 Å². The van der Waals surface area contributed by atoms with E-state index in [1.165, 1.54) is 35.4 Å². The average molecular weight is 466 g/mol. The number of nitrogen functional groups attached to an aromatic ring is 2. The smallest absolute Gasteiger partial charge is 0.398 e. The van der Waals surface area contributed by atoms with Crippen molar-refractivity contribution in [3.05, 3.63) is 42.5 Å². The van der Waals surface area contributed by atoms with E-state index in [1.807, 2.05) is 0 Å². The largest absolute Gasteiger partial charge is 0.529 e. The second-order valence-electron chi connectivity index (χ2n) is 6.86. The van der Waals surface area contributed by atoms with Crippen molar-refractivity contribution in [2.45, 2.75) is 24.5 Å². The number of carbonyl (C=O) groups is 1. The van der Waals surface area contributed by atoms with Gasteiger partial charge in [0.25, 0.3) is 0 Å². The lowest BCUT2D eigenvalue weighted by Gasteiger charge is -2.17. The summed E-state index contributed by atoms with van der Waals surface area (Å²) < 4.78 is 28.4. The summed E-state index contributed by atoms with van der Waals surface area (Å²) >= 11 is 0. The van der Waals surface area contributed by atoms with Crippen LogP contribution in [0.15, 0.2) is 36.9 Å². The van der Waals surface area contributed by atoms with E-state index >= 15 is 0 Å². The summed E-state index contributed by atoms with van der Waals surface area (Å²) in [7, 11) is -4.89. The molecule has 0 spiro atoms. The summed E-state index contributed by atoms with van der Waals surface area (Å²) in [5, 5.41) is 20.7. The summed E-state index contributed by atoms with van der Waals surface area (Å²) in [6, 6.07) is 5.81. The maximum absolute atomic E-state index is 12.2. The number of anilines is 2. The lowest BCUT2D eigenvalue weighted by molar-refractivity contribution is -0.0508. The fourth-order valence-corrected chi connectivity index (χ4v) is 3.88. The first-order valence-electron chi connectivity index (χ1n) is 9.18. The van der Waals surface area contributed by atoms with E-state index in [2.05, 4.69) is 19.5 Å². The topological polar surface area (TPSA) is 218 Å². The van der Waals surface area contributed by atoms with Crippen LogP contribution in [0.2, 0.25) is 0 Å². The molecule has 7 N–H and O–H groups in total. The Morgan fingerprint density at radius 2 is 1.94 bits per heavy atom. The molecule has 3 heterocycles. The number of fused-ring (bicyclic) bond motifs is 1. The molecule has 1 fully saturated rings. The predicted octanol–water partition coefficient (Wildman–Crippen LogP) is -0.416. The molecule has 15 heteroatoms. The number of imidazole rings is 1. The summed E-state index contributed by atoms with van der Waals surface area (Å²) in [5.74, 6) is -1.05. The van der Waals surface area contributed by atoms with Crippen LogP contribution in [0.4, 0.5) is 11.5 Å². The summed E-state index contributed by atoms with van der Waals surface area (Å²) in [6.07, 6.45) is -2.86. The molecular formula is C17H19N6O8P. The molecule has 0 aliphatic carbocycles. The number of nitrogens with zero attached hydrogens (tertiary/aromatic N) is 4. The second kappa shape index (κ2) is 8.43. The quantitative estimate of drug-likeness (QED) is 0.231. The molecule has 1 aliphatic heterocycles. The molecule has 1 aromatic carbocycles. The number of hydrogen-bond donors (Lipinski definition) is 5. The van der Waals surface area contributed by atoms with E-state index in [-0.39, 0.29) is 28.2 Å². The van der Waals surface area contributed by atoms with Gasteiger partial charge in [0, 0.05) is 5.69 Å². The number of aliphatic hydroxyl groups excluding tert-OH is 2. The average Bonchev–Trinajstić information content (AvgIpc) is 3.29. The summed E-state index contributed by atoms with van der Waals surface area (Å²) in [4.78, 5) is 33.9. The van der Waals surface area contributed by atoms with Crippen molar-refractivity contribution in [1.82, 2.24) is 19.5 Å². The maximum atomic E-state index is 12.2. The van der Waals surface area contributed by atoms with E-state index < -0.39 is 44.9 Å². The fourth-order valence-electron chi connectivity index (χ4n) is 3.18. The van der Waals surface area contributed by atoms with Crippen LogP contribution in [0.25, 0.3) is 11.2 Å². The van der Waals surface area contributed by atoms with Gasteiger partial charge in [0.05, 0.1) is 18.5 Å². The predicted molar refractivity (Wildman–Crippen MR) is 108 cm³/mol. The van der Waals surface area contributed by atoms with Crippen molar-refractivity contribution in [3.63, 3.8) is 0 Å². The monoisotopic (exact) mass is 466 g/mol. The molecule has 0 radical (unpaired) electrons. The molecule has 2 aromatic heterocycles. The Bertz CT molecular complexity index is 1200.